The first-order valence-corrected chi connectivity index (χ1v) is 3.31. The van der Waals surface area contributed by atoms with E-state index in [1.807, 2.05) is 14.0 Å². The second-order valence-corrected chi connectivity index (χ2v) is 2.59. The summed E-state index contributed by atoms with van der Waals surface area (Å²) in [7, 11) is 1.81. The molecule has 0 N–H and O–H groups in total. The third kappa shape index (κ3) is 0.988. The highest BCUT2D eigenvalue weighted by atomic mass is 127. The number of hydrogen-bond acceptors (Lipinski definition) is 2. The van der Waals surface area contributed by atoms with E-state index in [0.29, 0.717) is 0 Å². The lowest BCUT2D eigenvalue weighted by Gasteiger charge is -1.76. The van der Waals surface area contributed by atoms with Gasteiger partial charge in [-0.2, -0.15) is 9.90 Å². The van der Waals surface area contributed by atoms with E-state index in [4.69, 9.17) is 0 Å². The highest BCUT2D eigenvalue weighted by Crippen LogP contribution is 2.01. The molecule has 0 saturated heterocycles. The van der Waals surface area contributed by atoms with Gasteiger partial charge in [0.15, 0.2) is 0 Å². The van der Waals surface area contributed by atoms with Crippen LogP contribution in [0.5, 0.6) is 0 Å². The molecule has 8 heavy (non-hydrogen) atoms. The zero-order valence-corrected chi connectivity index (χ0v) is 6.88. The molecule has 0 spiro atoms. The zero-order valence-electron chi connectivity index (χ0n) is 4.72. The van der Waals surface area contributed by atoms with Crippen molar-refractivity contribution < 1.29 is 0 Å². The summed E-state index contributed by atoms with van der Waals surface area (Å²) in [5.41, 5.74) is 0.994. The van der Waals surface area contributed by atoms with Gasteiger partial charge in [-0.15, -0.1) is 5.10 Å². The fourth-order valence-electron chi connectivity index (χ4n) is 0.480. The molecule has 0 aliphatic heterocycles. The van der Waals surface area contributed by atoms with Crippen molar-refractivity contribution in [2.45, 2.75) is 6.92 Å². The van der Waals surface area contributed by atoms with Crippen LogP contribution in [0.15, 0.2) is 0 Å². The quantitative estimate of drug-likeness (QED) is 0.607. The number of halogens is 1. The molecule has 1 rings (SSSR count). The van der Waals surface area contributed by atoms with Gasteiger partial charge in [0.1, 0.15) is 3.70 Å². The third-order valence-corrected chi connectivity index (χ3v) is 1.82. The van der Waals surface area contributed by atoms with Crippen LogP contribution in [0.1, 0.15) is 5.69 Å². The van der Waals surface area contributed by atoms with Gasteiger partial charge < -0.3 is 0 Å². The summed E-state index contributed by atoms with van der Waals surface area (Å²) in [5, 5.41) is 8.01. The summed E-state index contributed by atoms with van der Waals surface area (Å²) in [6.45, 7) is 1.94. The first kappa shape index (κ1) is 6.00. The van der Waals surface area contributed by atoms with Crippen LogP contribution in [-0.4, -0.2) is 15.0 Å². The van der Waals surface area contributed by atoms with Gasteiger partial charge in [-0.05, 0) is 29.5 Å². The fourth-order valence-corrected chi connectivity index (χ4v) is 0.900. The molecule has 0 unspecified atom stereocenters. The molecule has 0 amide bonds. The summed E-state index contributed by atoms with van der Waals surface area (Å²) in [5.74, 6) is 0. The zero-order chi connectivity index (χ0) is 6.15. The number of rotatable bonds is 0. The van der Waals surface area contributed by atoms with Crippen molar-refractivity contribution in [2.24, 2.45) is 7.05 Å². The van der Waals surface area contributed by atoms with Crippen LogP contribution in [-0.2, 0) is 7.05 Å². The molecule has 0 aliphatic carbocycles. The molecule has 0 atom stereocenters. The maximum Gasteiger partial charge on any atom is 0.146 e. The van der Waals surface area contributed by atoms with Crippen molar-refractivity contribution in [1.29, 1.82) is 0 Å². The minimum Gasteiger partial charge on any atom is -0.187 e. The van der Waals surface area contributed by atoms with Gasteiger partial charge in [0.05, 0.1) is 5.69 Å². The van der Waals surface area contributed by atoms with Crippen molar-refractivity contribution in [3.63, 3.8) is 0 Å². The second-order valence-electron chi connectivity index (χ2n) is 1.57. The van der Waals surface area contributed by atoms with E-state index in [1.54, 1.807) is 4.80 Å². The van der Waals surface area contributed by atoms with Crippen molar-refractivity contribution >= 4 is 22.6 Å². The molecule has 0 bridgehead atoms. The van der Waals surface area contributed by atoms with Gasteiger partial charge in [-0.25, -0.2) is 0 Å². The maximum absolute atomic E-state index is 4.01. The number of aromatic nitrogens is 3. The lowest BCUT2D eigenvalue weighted by atomic mass is 10.6. The number of nitrogens with zero attached hydrogens (tertiary/aromatic N) is 3. The largest absolute Gasteiger partial charge is 0.187 e. The molecule has 0 radical (unpaired) electrons. The summed E-state index contributed by atoms with van der Waals surface area (Å²) in [4.78, 5) is 1.57. The summed E-state index contributed by atoms with van der Waals surface area (Å²) in [6.07, 6.45) is 0. The Balaban J connectivity index is 3.14. The summed E-state index contributed by atoms with van der Waals surface area (Å²) >= 11 is 2.15. The normalized spacial score (nSPS) is 9.88. The smallest absolute Gasteiger partial charge is 0.146 e. The molecule has 44 valence electrons. The number of aryl methyl sites for hydroxylation is 2. The molecule has 3 nitrogen and oxygen atoms in total. The first-order chi connectivity index (χ1) is 3.70. The van der Waals surface area contributed by atoms with Gasteiger partial charge in [0.2, 0.25) is 0 Å². The molecular formula is C4H6IN3. The third-order valence-electron chi connectivity index (χ3n) is 0.826. The molecule has 1 aromatic heterocycles. The van der Waals surface area contributed by atoms with Crippen LogP contribution in [0.4, 0.5) is 0 Å². The maximum atomic E-state index is 4.01. The van der Waals surface area contributed by atoms with Crippen LogP contribution >= 0.6 is 22.6 Å². The fraction of sp³-hybridized carbons (Fsp3) is 0.500. The Morgan fingerprint density at radius 1 is 1.50 bits per heavy atom. The van der Waals surface area contributed by atoms with E-state index in [0.717, 1.165) is 9.39 Å². The number of hydrogen-bond donors (Lipinski definition) is 0. The molecule has 1 heterocycles. The monoisotopic (exact) mass is 223 g/mol. The van der Waals surface area contributed by atoms with E-state index in [9.17, 15) is 0 Å². The molecule has 1 aromatic rings. The Hall–Kier alpha value is -0.130. The van der Waals surface area contributed by atoms with Gasteiger partial charge in [-0.1, -0.05) is 0 Å². The van der Waals surface area contributed by atoms with Crippen LogP contribution in [0.25, 0.3) is 0 Å². The minimum absolute atomic E-state index is 0.977. The average Bonchev–Trinajstić information content (AvgIpc) is 1.85. The van der Waals surface area contributed by atoms with Gasteiger partial charge in [0.25, 0.3) is 0 Å². The van der Waals surface area contributed by atoms with Crippen LogP contribution in [0.2, 0.25) is 0 Å². The Morgan fingerprint density at radius 3 is 2.25 bits per heavy atom. The second kappa shape index (κ2) is 2.00. The Kier molecular flexibility index (Phi) is 1.50. The van der Waals surface area contributed by atoms with E-state index >= 15 is 0 Å². The minimum atomic E-state index is 0.977. The first-order valence-electron chi connectivity index (χ1n) is 2.23. The predicted octanol–water partition coefficient (Wildman–Crippen LogP) is 0.728. The van der Waals surface area contributed by atoms with E-state index in [-0.39, 0.29) is 0 Å². The molecule has 0 aliphatic rings. The standard InChI is InChI=1S/C4H6IN3/c1-3-4(5)7-8(2)6-3/h1-2H3. The van der Waals surface area contributed by atoms with Crippen molar-refractivity contribution in [3.05, 3.63) is 9.39 Å². The van der Waals surface area contributed by atoms with Crippen LogP contribution < -0.4 is 0 Å². The van der Waals surface area contributed by atoms with E-state index in [2.05, 4.69) is 32.8 Å². The average molecular weight is 223 g/mol. The highest BCUT2D eigenvalue weighted by molar-refractivity contribution is 14.1. The SMILES string of the molecule is Cc1nn(C)nc1I. The van der Waals surface area contributed by atoms with Gasteiger partial charge in [-0.3, -0.25) is 0 Å². The van der Waals surface area contributed by atoms with Gasteiger partial charge in [0, 0.05) is 7.05 Å². The van der Waals surface area contributed by atoms with Crippen LogP contribution in [0.3, 0.4) is 0 Å². The highest BCUT2D eigenvalue weighted by Gasteiger charge is 1.96. The lowest BCUT2D eigenvalue weighted by molar-refractivity contribution is 0.646. The van der Waals surface area contributed by atoms with Crippen molar-refractivity contribution in [2.75, 3.05) is 0 Å². The van der Waals surface area contributed by atoms with E-state index < -0.39 is 0 Å². The van der Waals surface area contributed by atoms with Crippen molar-refractivity contribution in [3.8, 4) is 0 Å². The molecule has 0 fully saturated rings. The Bertz CT molecular complexity index is 174. The van der Waals surface area contributed by atoms with E-state index in [1.165, 1.54) is 0 Å². The molecule has 0 saturated carbocycles. The summed E-state index contributed by atoms with van der Waals surface area (Å²) in [6, 6.07) is 0. The Labute approximate surface area is 61.2 Å². The molecule has 4 heteroatoms. The van der Waals surface area contributed by atoms with Gasteiger partial charge >= 0.3 is 0 Å². The van der Waals surface area contributed by atoms with Crippen molar-refractivity contribution in [1.82, 2.24) is 15.0 Å². The molecular weight excluding hydrogens is 217 g/mol. The lowest BCUT2D eigenvalue weighted by Crippen LogP contribution is -1.91. The topological polar surface area (TPSA) is 30.7 Å². The Morgan fingerprint density at radius 2 is 2.12 bits per heavy atom. The predicted molar refractivity (Wildman–Crippen MR) is 38.5 cm³/mol. The molecule has 0 aromatic carbocycles. The summed E-state index contributed by atoms with van der Waals surface area (Å²) < 4.78 is 0.977. The van der Waals surface area contributed by atoms with Crippen LogP contribution in [0, 0.1) is 10.6 Å².